The van der Waals surface area contributed by atoms with Gasteiger partial charge in [0.1, 0.15) is 13.2 Å². The van der Waals surface area contributed by atoms with Gasteiger partial charge in [-0.1, -0.05) is 25.3 Å². The monoisotopic (exact) mass is 622 g/mol. The third kappa shape index (κ3) is 8.24. The maximum absolute atomic E-state index is 12.0. The van der Waals surface area contributed by atoms with Crippen LogP contribution in [0.5, 0.6) is 23.0 Å². The predicted molar refractivity (Wildman–Crippen MR) is 144 cm³/mol. The summed E-state index contributed by atoms with van der Waals surface area (Å²) in [6.07, 6.45) is 5.91. The van der Waals surface area contributed by atoms with Crippen molar-refractivity contribution in [1.29, 1.82) is 0 Å². The molecule has 0 bridgehead atoms. The molecular formula is C24H24Br2N4O6. The van der Waals surface area contributed by atoms with Gasteiger partial charge in [-0.2, -0.15) is 10.2 Å². The summed E-state index contributed by atoms with van der Waals surface area (Å²) < 4.78 is 23.0. The van der Waals surface area contributed by atoms with E-state index in [2.05, 4.69) is 66.1 Å². The minimum atomic E-state index is -1.01. The molecule has 0 heterocycles. The van der Waals surface area contributed by atoms with Crippen LogP contribution in [0.4, 0.5) is 0 Å². The highest BCUT2D eigenvalue weighted by atomic mass is 79.9. The number of nitrogens with one attached hydrogen (secondary N) is 2. The lowest BCUT2D eigenvalue weighted by Crippen LogP contribution is -2.35. The highest BCUT2D eigenvalue weighted by Crippen LogP contribution is 2.37. The van der Waals surface area contributed by atoms with Crippen LogP contribution >= 0.6 is 31.9 Å². The fourth-order valence-electron chi connectivity index (χ4n) is 2.63. The van der Waals surface area contributed by atoms with Crippen LogP contribution in [-0.2, 0) is 9.59 Å². The number of hydrogen-bond donors (Lipinski definition) is 2. The van der Waals surface area contributed by atoms with E-state index in [9.17, 15) is 9.59 Å². The molecule has 0 spiro atoms. The van der Waals surface area contributed by atoms with Crippen molar-refractivity contribution in [2.24, 2.45) is 10.2 Å². The Bertz CT molecular complexity index is 1090. The first-order valence-corrected chi connectivity index (χ1v) is 11.8. The molecule has 0 saturated heterocycles. The molecule has 0 aliphatic carbocycles. The van der Waals surface area contributed by atoms with Crippen molar-refractivity contribution in [2.75, 3.05) is 27.4 Å². The average Bonchev–Trinajstić information content (AvgIpc) is 2.86. The summed E-state index contributed by atoms with van der Waals surface area (Å²) in [6.45, 7) is 7.82. The molecule has 12 heteroatoms. The molecule has 10 nitrogen and oxygen atoms in total. The van der Waals surface area contributed by atoms with E-state index < -0.39 is 11.8 Å². The Morgan fingerprint density at radius 1 is 0.806 bits per heavy atom. The summed E-state index contributed by atoms with van der Waals surface area (Å²) in [5.74, 6) is -0.109. The van der Waals surface area contributed by atoms with Crippen molar-refractivity contribution in [3.05, 3.63) is 69.6 Å². The number of halogens is 2. The van der Waals surface area contributed by atoms with Gasteiger partial charge in [-0.15, -0.1) is 0 Å². The van der Waals surface area contributed by atoms with Gasteiger partial charge < -0.3 is 18.9 Å². The molecule has 0 unspecified atom stereocenters. The van der Waals surface area contributed by atoms with E-state index >= 15 is 0 Å². The Labute approximate surface area is 225 Å². The third-order valence-electron chi connectivity index (χ3n) is 4.16. The molecular weight excluding hydrogens is 600 g/mol. The van der Waals surface area contributed by atoms with Crippen LogP contribution in [0.3, 0.4) is 0 Å². The van der Waals surface area contributed by atoms with Crippen LogP contribution in [0.15, 0.2) is 68.7 Å². The van der Waals surface area contributed by atoms with Crippen molar-refractivity contribution in [1.82, 2.24) is 10.9 Å². The molecule has 0 aromatic heterocycles. The lowest BCUT2D eigenvalue weighted by Gasteiger charge is -2.12. The summed E-state index contributed by atoms with van der Waals surface area (Å²) in [5.41, 5.74) is 5.44. The number of hydrazone groups is 2. The van der Waals surface area contributed by atoms with Gasteiger partial charge in [-0.25, -0.2) is 10.9 Å². The quantitative estimate of drug-likeness (QED) is 0.160. The Kier molecular flexibility index (Phi) is 11.7. The third-order valence-corrected chi connectivity index (χ3v) is 5.34. The molecule has 190 valence electrons. The maximum atomic E-state index is 12.0. The van der Waals surface area contributed by atoms with E-state index in [0.29, 0.717) is 56.3 Å². The first kappa shape index (κ1) is 28.6. The van der Waals surface area contributed by atoms with Crippen LogP contribution < -0.4 is 29.8 Å². The van der Waals surface area contributed by atoms with Gasteiger partial charge in [-0.05, 0) is 67.3 Å². The van der Waals surface area contributed by atoms with E-state index in [0.717, 1.165) is 0 Å². The molecule has 0 saturated carbocycles. The van der Waals surface area contributed by atoms with Gasteiger partial charge in [0.15, 0.2) is 23.0 Å². The molecule has 36 heavy (non-hydrogen) atoms. The van der Waals surface area contributed by atoms with Gasteiger partial charge in [0.05, 0.1) is 35.6 Å². The van der Waals surface area contributed by atoms with Gasteiger partial charge in [0, 0.05) is 0 Å². The molecule has 2 rings (SSSR count). The Hall–Kier alpha value is -3.64. The summed E-state index contributed by atoms with van der Waals surface area (Å²) in [6, 6.07) is 6.73. The number of carbonyl (C=O) groups excluding carboxylic acids is 2. The predicted octanol–water partition coefficient (Wildman–Crippen LogP) is 3.96. The smallest absolute Gasteiger partial charge is 0.331 e. The molecule has 0 atom stereocenters. The Morgan fingerprint density at radius 2 is 1.19 bits per heavy atom. The van der Waals surface area contributed by atoms with E-state index in [1.165, 1.54) is 26.6 Å². The van der Waals surface area contributed by atoms with E-state index in [1.54, 1.807) is 36.4 Å². The van der Waals surface area contributed by atoms with Crippen LogP contribution in [0, 0.1) is 0 Å². The second-order valence-corrected chi connectivity index (χ2v) is 8.37. The topological polar surface area (TPSA) is 120 Å². The zero-order chi connectivity index (χ0) is 26.5. The highest BCUT2D eigenvalue weighted by molar-refractivity contribution is 9.11. The number of benzene rings is 2. The highest BCUT2D eigenvalue weighted by Gasteiger charge is 2.14. The second-order valence-electron chi connectivity index (χ2n) is 6.67. The van der Waals surface area contributed by atoms with Crippen LogP contribution in [-0.4, -0.2) is 51.7 Å². The Morgan fingerprint density at radius 3 is 1.53 bits per heavy atom. The van der Waals surface area contributed by atoms with Gasteiger partial charge in [0.2, 0.25) is 0 Å². The van der Waals surface area contributed by atoms with Crippen molar-refractivity contribution in [3.63, 3.8) is 0 Å². The van der Waals surface area contributed by atoms with Crippen molar-refractivity contribution >= 4 is 56.1 Å². The first-order valence-electron chi connectivity index (χ1n) is 10.2. The molecule has 0 aliphatic heterocycles. The largest absolute Gasteiger partial charge is 0.493 e. The summed E-state index contributed by atoms with van der Waals surface area (Å²) >= 11 is 6.80. The molecule has 0 radical (unpaired) electrons. The maximum Gasteiger partial charge on any atom is 0.331 e. The van der Waals surface area contributed by atoms with Crippen molar-refractivity contribution in [2.45, 2.75) is 0 Å². The van der Waals surface area contributed by atoms with Gasteiger partial charge in [0.25, 0.3) is 0 Å². The zero-order valence-electron chi connectivity index (χ0n) is 19.5. The number of carbonyl (C=O) groups is 2. The zero-order valence-corrected chi connectivity index (χ0v) is 22.7. The number of methoxy groups -OCH3 is 2. The molecule has 2 N–H and O–H groups in total. The van der Waals surface area contributed by atoms with Crippen LogP contribution in [0.1, 0.15) is 11.1 Å². The number of rotatable bonds is 12. The summed E-state index contributed by atoms with van der Waals surface area (Å²) in [5, 5.41) is 7.58. The van der Waals surface area contributed by atoms with E-state index in [1.807, 2.05) is 0 Å². The van der Waals surface area contributed by atoms with E-state index in [-0.39, 0.29) is 0 Å². The summed E-state index contributed by atoms with van der Waals surface area (Å²) in [4.78, 5) is 24.0. The van der Waals surface area contributed by atoms with Crippen LogP contribution in [0.25, 0.3) is 0 Å². The standard InChI is InChI=1S/C24H24Br2N4O6/c1-5-7-35-21-17(25)9-15(11-19(21)33-3)13-27-29-23(31)24(32)30-28-14-16-10-18(26)22(36-8-6-2)20(12-16)34-4/h5-6,9-14H,1-2,7-8H2,3-4H3,(H,29,31)(H,30,32)/b27-13+,28-14+. The number of ether oxygens (including phenoxy) is 4. The fourth-order valence-corrected chi connectivity index (χ4v) is 3.77. The lowest BCUT2D eigenvalue weighted by atomic mass is 10.2. The minimum Gasteiger partial charge on any atom is -0.493 e. The number of amides is 2. The first-order chi connectivity index (χ1) is 17.3. The summed E-state index contributed by atoms with van der Waals surface area (Å²) in [7, 11) is 2.99. The van der Waals surface area contributed by atoms with Gasteiger partial charge in [-0.3, -0.25) is 9.59 Å². The second kappa shape index (κ2) is 14.7. The minimum absolute atomic E-state index is 0.302. The number of nitrogens with zero attached hydrogens (tertiary/aromatic N) is 2. The van der Waals surface area contributed by atoms with Crippen molar-refractivity contribution < 1.29 is 28.5 Å². The normalized spacial score (nSPS) is 10.7. The average molecular weight is 624 g/mol. The lowest BCUT2D eigenvalue weighted by molar-refractivity contribution is -0.139. The molecule has 2 aromatic rings. The van der Waals surface area contributed by atoms with Crippen LogP contribution in [0.2, 0.25) is 0 Å². The molecule has 2 aromatic carbocycles. The van der Waals surface area contributed by atoms with E-state index in [4.69, 9.17) is 18.9 Å². The molecule has 0 aliphatic rings. The SMILES string of the molecule is C=CCOc1c(Br)cc(/C=N/NC(=O)C(=O)N/N=C/c2cc(Br)c(OCC=C)c(OC)c2)cc1OC. The molecule has 2 amide bonds. The molecule has 0 fully saturated rings. The fraction of sp³-hybridized carbons (Fsp3) is 0.167. The van der Waals surface area contributed by atoms with Gasteiger partial charge >= 0.3 is 11.8 Å². The Balaban J connectivity index is 1.98. The number of hydrogen-bond acceptors (Lipinski definition) is 8. The van der Waals surface area contributed by atoms with Crippen molar-refractivity contribution in [3.8, 4) is 23.0 Å².